The molecule has 1 aliphatic rings. The number of hydrogen-bond acceptors (Lipinski definition) is 5. The fraction of sp³-hybridized carbons (Fsp3) is 0.381. The Balaban J connectivity index is 1.50. The summed E-state index contributed by atoms with van der Waals surface area (Å²) in [7, 11) is -3.65. The van der Waals surface area contributed by atoms with Gasteiger partial charge in [0.25, 0.3) is 0 Å². The second kappa shape index (κ2) is 9.55. The molecule has 30 heavy (non-hydrogen) atoms. The van der Waals surface area contributed by atoms with Crippen molar-refractivity contribution in [2.75, 3.05) is 49.5 Å². The van der Waals surface area contributed by atoms with E-state index in [1.165, 1.54) is 19.1 Å². The maximum Gasteiger partial charge on any atom is 0.240 e. The van der Waals surface area contributed by atoms with Crippen LogP contribution >= 0.6 is 0 Å². The second-order valence-electron chi connectivity index (χ2n) is 7.34. The fourth-order valence-electron chi connectivity index (χ4n) is 3.57. The van der Waals surface area contributed by atoms with E-state index in [2.05, 4.69) is 14.9 Å². The van der Waals surface area contributed by atoms with Gasteiger partial charge in [0.1, 0.15) is 5.82 Å². The monoisotopic (exact) mass is 434 g/mol. The van der Waals surface area contributed by atoms with Gasteiger partial charge in [0.2, 0.25) is 15.9 Å². The van der Waals surface area contributed by atoms with Gasteiger partial charge in [-0.3, -0.25) is 9.69 Å². The van der Waals surface area contributed by atoms with Crippen LogP contribution in [0.15, 0.2) is 47.4 Å². The summed E-state index contributed by atoms with van der Waals surface area (Å²) in [6.45, 7) is 6.82. The van der Waals surface area contributed by atoms with Crippen molar-refractivity contribution in [3.8, 4) is 0 Å². The zero-order valence-corrected chi connectivity index (χ0v) is 18.0. The van der Waals surface area contributed by atoms with Crippen molar-refractivity contribution in [3.63, 3.8) is 0 Å². The zero-order chi connectivity index (χ0) is 21.7. The summed E-state index contributed by atoms with van der Waals surface area (Å²) in [4.78, 5) is 15.5. The predicted octanol–water partition coefficient (Wildman–Crippen LogP) is 2.19. The van der Waals surface area contributed by atoms with Crippen molar-refractivity contribution in [1.29, 1.82) is 0 Å². The van der Waals surface area contributed by atoms with Crippen LogP contribution < -0.4 is 14.9 Å². The number of sulfonamides is 1. The molecule has 162 valence electrons. The molecular formula is C21H27FN4O3S. The van der Waals surface area contributed by atoms with Gasteiger partial charge in [-0.1, -0.05) is 12.1 Å². The summed E-state index contributed by atoms with van der Waals surface area (Å²) in [5.41, 5.74) is 1.73. The maximum absolute atomic E-state index is 13.9. The lowest BCUT2D eigenvalue weighted by molar-refractivity contribution is -0.114. The Kier molecular flexibility index (Phi) is 7.06. The Labute approximate surface area is 176 Å². The largest absolute Gasteiger partial charge is 0.367 e. The van der Waals surface area contributed by atoms with Gasteiger partial charge in [0, 0.05) is 51.9 Å². The summed E-state index contributed by atoms with van der Waals surface area (Å²) in [5.74, 6) is -0.433. The number of nitrogens with zero attached hydrogens (tertiary/aromatic N) is 2. The Morgan fingerprint density at radius 3 is 2.43 bits per heavy atom. The molecule has 0 radical (unpaired) electrons. The maximum atomic E-state index is 13.9. The second-order valence-corrected chi connectivity index (χ2v) is 9.07. The molecule has 0 bridgehead atoms. The number of rotatable bonds is 7. The number of piperazine rings is 1. The van der Waals surface area contributed by atoms with Crippen LogP contribution in [0.2, 0.25) is 0 Å². The lowest BCUT2D eigenvalue weighted by atomic mass is 10.2. The molecule has 0 aromatic heterocycles. The number of carbonyl (C=O) groups excluding carboxylic acids is 1. The van der Waals surface area contributed by atoms with E-state index in [0.29, 0.717) is 36.6 Å². The highest BCUT2D eigenvalue weighted by Gasteiger charge is 2.21. The van der Waals surface area contributed by atoms with Gasteiger partial charge in [-0.2, -0.15) is 0 Å². The van der Waals surface area contributed by atoms with Crippen LogP contribution in [0.5, 0.6) is 0 Å². The standard InChI is InChI=1S/C21H27FN4O3S/c1-16-15-18(24-17(2)27)7-8-21(16)30(28,29)23-9-10-25-11-13-26(14-12-25)20-6-4-3-5-19(20)22/h3-8,15,23H,9-14H2,1-2H3,(H,24,27). The molecule has 0 atom stereocenters. The molecule has 3 rings (SSSR count). The van der Waals surface area contributed by atoms with Gasteiger partial charge in [-0.25, -0.2) is 17.5 Å². The number of halogens is 1. The molecule has 0 saturated carbocycles. The highest BCUT2D eigenvalue weighted by Crippen LogP contribution is 2.21. The molecule has 9 heteroatoms. The molecule has 0 unspecified atom stereocenters. The minimum atomic E-state index is -3.65. The summed E-state index contributed by atoms with van der Waals surface area (Å²) >= 11 is 0. The van der Waals surface area contributed by atoms with Crippen molar-refractivity contribution >= 4 is 27.3 Å². The number of nitrogens with one attached hydrogen (secondary N) is 2. The number of benzene rings is 2. The van der Waals surface area contributed by atoms with Crippen molar-refractivity contribution in [2.45, 2.75) is 18.7 Å². The van der Waals surface area contributed by atoms with Gasteiger partial charge in [0.05, 0.1) is 10.6 Å². The quantitative estimate of drug-likeness (QED) is 0.698. The van der Waals surface area contributed by atoms with Crippen molar-refractivity contribution < 1.29 is 17.6 Å². The molecule has 1 amide bonds. The molecule has 0 aliphatic carbocycles. The van der Waals surface area contributed by atoms with Crippen LogP contribution in [-0.2, 0) is 14.8 Å². The van der Waals surface area contributed by atoms with E-state index < -0.39 is 10.0 Å². The Morgan fingerprint density at radius 1 is 1.10 bits per heavy atom. The summed E-state index contributed by atoms with van der Waals surface area (Å²) < 4.78 is 41.9. The van der Waals surface area contributed by atoms with Crippen molar-refractivity contribution in [1.82, 2.24) is 9.62 Å². The summed E-state index contributed by atoms with van der Waals surface area (Å²) in [6, 6.07) is 11.4. The molecule has 2 N–H and O–H groups in total. The van der Waals surface area contributed by atoms with Crippen LogP contribution in [0.3, 0.4) is 0 Å². The molecule has 1 fully saturated rings. The highest BCUT2D eigenvalue weighted by atomic mass is 32.2. The average Bonchev–Trinajstić information content (AvgIpc) is 2.68. The van der Waals surface area contributed by atoms with E-state index in [1.807, 2.05) is 11.0 Å². The normalized spacial score (nSPS) is 15.2. The topological polar surface area (TPSA) is 81.7 Å². The van der Waals surface area contributed by atoms with E-state index >= 15 is 0 Å². The number of aryl methyl sites for hydroxylation is 1. The van der Waals surface area contributed by atoms with E-state index in [1.54, 1.807) is 31.2 Å². The number of amides is 1. The Bertz CT molecular complexity index is 1010. The van der Waals surface area contributed by atoms with Gasteiger partial charge >= 0.3 is 0 Å². The third kappa shape index (κ3) is 5.56. The average molecular weight is 435 g/mol. The molecule has 1 saturated heterocycles. The van der Waals surface area contributed by atoms with Crippen LogP contribution in [0.1, 0.15) is 12.5 Å². The van der Waals surface area contributed by atoms with Gasteiger partial charge in [-0.05, 0) is 42.8 Å². The van der Waals surface area contributed by atoms with E-state index in [4.69, 9.17) is 0 Å². The van der Waals surface area contributed by atoms with Gasteiger partial charge in [0.15, 0.2) is 0 Å². The first-order chi connectivity index (χ1) is 14.3. The van der Waals surface area contributed by atoms with Gasteiger partial charge in [-0.15, -0.1) is 0 Å². The third-order valence-corrected chi connectivity index (χ3v) is 6.69. The molecular weight excluding hydrogens is 407 g/mol. The minimum Gasteiger partial charge on any atom is -0.367 e. The summed E-state index contributed by atoms with van der Waals surface area (Å²) in [6.07, 6.45) is 0. The smallest absolute Gasteiger partial charge is 0.240 e. The van der Waals surface area contributed by atoms with E-state index in [-0.39, 0.29) is 23.2 Å². The lowest BCUT2D eigenvalue weighted by Crippen LogP contribution is -2.48. The predicted molar refractivity (Wildman–Crippen MR) is 116 cm³/mol. The molecule has 7 nitrogen and oxygen atoms in total. The van der Waals surface area contributed by atoms with Crippen molar-refractivity contribution in [3.05, 3.63) is 53.8 Å². The van der Waals surface area contributed by atoms with Gasteiger partial charge < -0.3 is 10.2 Å². The zero-order valence-electron chi connectivity index (χ0n) is 17.2. The number of para-hydroxylation sites is 1. The molecule has 2 aromatic carbocycles. The number of hydrogen-bond donors (Lipinski definition) is 2. The highest BCUT2D eigenvalue weighted by molar-refractivity contribution is 7.89. The minimum absolute atomic E-state index is 0.195. The third-order valence-electron chi connectivity index (χ3n) is 5.07. The number of carbonyl (C=O) groups is 1. The van der Waals surface area contributed by atoms with Crippen LogP contribution in [0, 0.1) is 12.7 Å². The molecule has 0 spiro atoms. The first-order valence-corrected chi connectivity index (χ1v) is 11.3. The molecule has 1 heterocycles. The van der Waals surface area contributed by atoms with Crippen LogP contribution in [-0.4, -0.2) is 58.5 Å². The van der Waals surface area contributed by atoms with Crippen LogP contribution in [0.25, 0.3) is 0 Å². The Hall–Kier alpha value is -2.49. The molecule has 1 aliphatic heterocycles. The number of anilines is 2. The van der Waals surface area contributed by atoms with Crippen molar-refractivity contribution in [2.24, 2.45) is 0 Å². The lowest BCUT2D eigenvalue weighted by Gasteiger charge is -2.36. The Morgan fingerprint density at radius 2 is 1.80 bits per heavy atom. The van der Waals surface area contributed by atoms with E-state index in [9.17, 15) is 17.6 Å². The first kappa shape index (κ1) is 22.2. The summed E-state index contributed by atoms with van der Waals surface area (Å²) in [5, 5.41) is 2.64. The van der Waals surface area contributed by atoms with Crippen LogP contribution in [0.4, 0.5) is 15.8 Å². The van der Waals surface area contributed by atoms with E-state index in [0.717, 1.165) is 13.1 Å². The fourth-order valence-corrected chi connectivity index (χ4v) is 4.81. The first-order valence-electron chi connectivity index (χ1n) is 9.86. The molecule has 2 aromatic rings. The SMILES string of the molecule is CC(=O)Nc1ccc(S(=O)(=O)NCCN2CCN(c3ccccc3F)CC2)c(C)c1.